The largest absolute Gasteiger partial charge is 0.381 e. The Morgan fingerprint density at radius 1 is 1.60 bits per heavy atom. The van der Waals surface area contributed by atoms with Crippen molar-refractivity contribution < 1.29 is 8.78 Å². The molecule has 0 aliphatic heterocycles. The van der Waals surface area contributed by atoms with E-state index in [0.717, 1.165) is 0 Å². The van der Waals surface area contributed by atoms with Crippen LogP contribution in [-0.2, 0) is 6.54 Å². The van der Waals surface area contributed by atoms with E-state index < -0.39 is 11.8 Å². The Labute approximate surface area is 95.8 Å². The van der Waals surface area contributed by atoms with Gasteiger partial charge in [0.1, 0.15) is 0 Å². The first-order valence-corrected chi connectivity index (χ1v) is 5.36. The molecule has 3 nitrogen and oxygen atoms in total. The van der Waals surface area contributed by atoms with Crippen LogP contribution in [0.3, 0.4) is 0 Å². The summed E-state index contributed by atoms with van der Waals surface area (Å²) in [7, 11) is 0. The van der Waals surface area contributed by atoms with Crippen LogP contribution in [0.15, 0.2) is 10.7 Å². The van der Waals surface area contributed by atoms with Crippen LogP contribution in [-0.4, -0.2) is 16.2 Å². The predicted molar refractivity (Wildman–Crippen MR) is 58.7 cm³/mol. The lowest BCUT2D eigenvalue weighted by atomic mass is 9.90. The second-order valence-electron chi connectivity index (χ2n) is 4.32. The first-order valence-electron chi connectivity index (χ1n) is 4.57. The highest BCUT2D eigenvalue weighted by Crippen LogP contribution is 2.27. The molecule has 0 spiro atoms. The zero-order valence-electron chi connectivity index (χ0n) is 8.67. The molecule has 0 unspecified atom stereocenters. The zero-order valence-corrected chi connectivity index (χ0v) is 10.3. The van der Waals surface area contributed by atoms with Crippen LogP contribution in [0.2, 0.25) is 0 Å². The van der Waals surface area contributed by atoms with Gasteiger partial charge in [-0.25, -0.2) is 8.78 Å². The summed E-state index contributed by atoms with van der Waals surface area (Å²) in [6.45, 7) is 3.99. The van der Waals surface area contributed by atoms with Gasteiger partial charge in [0.2, 0.25) is 6.43 Å². The molecule has 0 aromatic carbocycles. The molecule has 1 aromatic rings. The molecular formula is C9H14BrF2N3. The summed E-state index contributed by atoms with van der Waals surface area (Å²) >= 11 is 3.22. The normalized spacial score (nSPS) is 12.4. The zero-order chi connectivity index (χ0) is 11.6. The summed E-state index contributed by atoms with van der Waals surface area (Å²) in [4.78, 5) is 0. The fourth-order valence-corrected chi connectivity index (χ4v) is 1.73. The SMILES string of the molecule is CC(C)(CC(F)F)Cn1cc(Br)c(N)n1. The molecule has 0 aliphatic carbocycles. The van der Waals surface area contributed by atoms with Crippen molar-refractivity contribution in [3.8, 4) is 0 Å². The Kier molecular flexibility index (Phi) is 3.70. The maximum absolute atomic E-state index is 12.3. The number of nitrogens with zero attached hydrogens (tertiary/aromatic N) is 2. The monoisotopic (exact) mass is 281 g/mol. The number of nitrogens with two attached hydrogens (primary N) is 1. The van der Waals surface area contributed by atoms with E-state index in [0.29, 0.717) is 16.8 Å². The van der Waals surface area contributed by atoms with Gasteiger partial charge < -0.3 is 5.73 Å². The Balaban J connectivity index is 2.68. The van der Waals surface area contributed by atoms with Gasteiger partial charge in [-0.3, -0.25) is 4.68 Å². The quantitative estimate of drug-likeness (QED) is 0.922. The summed E-state index contributed by atoms with van der Waals surface area (Å²) < 4.78 is 26.8. The molecule has 0 bridgehead atoms. The molecule has 0 saturated heterocycles. The molecule has 6 heteroatoms. The van der Waals surface area contributed by atoms with Crippen molar-refractivity contribution in [1.29, 1.82) is 0 Å². The molecule has 15 heavy (non-hydrogen) atoms. The highest BCUT2D eigenvalue weighted by Gasteiger charge is 2.24. The topological polar surface area (TPSA) is 43.8 Å². The van der Waals surface area contributed by atoms with E-state index in [1.807, 2.05) is 0 Å². The van der Waals surface area contributed by atoms with Crippen LogP contribution in [0, 0.1) is 5.41 Å². The average molecular weight is 282 g/mol. The van der Waals surface area contributed by atoms with E-state index in [2.05, 4.69) is 21.0 Å². The first-order chi connectivity index (χ1) is 6.80. The summed E-state index contributed by atoms with van der Waals surface area (Å²) in [5.41, 5.74) is 5.04. The molecule has 1 rings (SSSR count). The number of halogens is 3. The minimum atomic E-state index is -2.30. The smallest absolute Gasteiger partial charge is 0.239 e. The minimum Gasteiger partial charge on any atom is -0.381 e. The van der Waals surface area contributed by atoms with Gasteiger partial charge in [0, 0.05) is 19.2 Å². The van der Waals surface area contributed by atoms with Crippen LogP contribution in [0.25, 0.3) is 0 Å². The number of rotatable bonds is 4. The van der Waals surface area contributed by atoms with Gasteiger partial charge in [0.15, 0.2) is 5.82 Å². The van der Waals surface area contributed by atoms with E-state index in [4.69, 9.17) is 5.73 Å². The molecule has 0 aliphatic rings. The Hall–Kier alpha value is -0.650. The van der Waals surface area contributed by atoms with Gasteiger partial charge >= 0.3 is 0 Å². The highest BCUT2D eigenvalue weighted by molar-refractivity contribution is 9.10. The molecule has 1 aromatic heterocycles. The van der Waals surface area contributed by atoms with Gasteiger partial charge in [0.25, 0.3) is 0 Å². The number of aromatic nitrogens is 2. The molecular weight excluding hydrogens is 268 g/mol. The number of hydrogen-bond donors (Lipinski definition) is 1. The van der Waals surface area contributed by atoms with E-state index in [9.17, 15) is 8.78 Å². The lowest BCUT2D eigenvalue weighted by Crippen LogP contribution is -2.23. The lowest BCUT2D eigenvalue weighted by Gasteiger charge is -2.23. The summed E-state index contributed by atoms with van der Waals surface area (Å²) in [6, 6.07) is 0. The van der Waals surface area contributed by atoms with Crippen LogP contribution in [0.5, 0.6) is 0 Å². The number of alkyl halides is 2. The van der Waals surface area contributed by atoms with Crippen molar-refractivity contribution in [3.63, 3.8) is 0 Å². The average Bonchev–Trinajstić information content (AvgIpc) is 2.25. The van der Waals surface area contributed by atoms with Crippen molar-refractivity contribution >= 4 is 21.7 Å². The molecule has 2 N–H and O–H groups in total. The number of anilines is 1. The van der Waals surface area contributed by atoms with Crippen molar-refractivity contribution in [2.24, 2.45) is 5.41 Å². The Morgan fingerprint density at radius 2 is 2.20 bits per heavy atom. The molecule has 86 valence electrons. The third-order valence-corrected chi connectivity index (χ3v) is 2.65. The van der Waals surface area contributed by atoms with Crippen molar-refractivity contribution in [2.45, 2.75) is 33.2 Å². The van der Waals surface area contributed by atoms with Crippen LogP contribution >= 0.6 is 15.9 Å². The van der Waals surface area contributed by atoms with E-state index in [1.165, 1.54) is 0 Å². The minimum absolute atomic E-state index is 0.148. The van der Waals surface area contributed by atoms with Gasteiger partial charge in [0.05, 0.1) is 4.47 Å². The molecule has 0 atom stereocenters. The maximum Gasteiger partial charge on any atom is 0.239 e. The molecule has 0 radical (unpaired) electrons. The second kappa shape index (κ2) is 4.47. The van der Waals surface area contributed by atoms with E-state index >= 15 is 0 Å². The Morgan fingerprint density at radius 3 is 2.60 bits per heavy atom. The Bertz CT molecular complexity index is 317. The third-order valence-electron chi connectivity index (χ3n) is 2.04. The molecule has 0 saturated carbocycles. The lowest BCUT2D eigenvalue weighted by molar-refractivity contribution is 0.0778. The van der Waals surface area contributed by atoms with Gasteiger partial charge in [-0.05, 0) is 21.3 Å². The van der Waals surface area contributed by atoms with Crippen molar-refractivity contribution in [1.82, 2.24) is 9.78 Å². The van der Waals surface area contributed by atoms with Crippen LogP contribution in [0.4, 0.5) is 14.6 Å². The molecule has 0 fully saturated rings. The van der Waals surface area contributed by atoms with E-state index in [-0.39, 0.29) is 6.42 Å². The van der Waals surface area contributed by atoms with Crippen molar-refractivity contribution in [3.05, 3.63) is 10.7 Å². The van der Waals surface area contributed by atoms with Crippen molar-refractivity contribution in [2.75, 3.05) is 5.73 Å². The first kappa shape index (κ1) is 12.4. The summed E-state index contributed by atoms with van der Waals surface area (Å²) in [6.07, 6.45) is -0.746. The fourth-order valence-electron chi connectivity index (χ4n) is 1.41. The summed E-state index contributed by atoms with van der Waals surface area (Å²) in [5, 5.41) is 4.01. The second-order valence-corrected chi connectivity index (χ2v) is 5.17. The summed E-state index contributed by atoms with van der Waals surface area (Å²) in [5.74, 6) is 0.378. The van der Waals surface area contributed by atoms with Gasteiger partial charge in [-0.2, -0.15) is 5.10 Å². The van der Waals surface area contributed by atoms with Gasteiger partial charge in [-0.1, -0.05) is 13.8 Å². The molecule has 0 amide bonds. The predicted octanol–water partition coefficient (Wildman–Crippen LogP) is 2.91. The third kappa shape index (κ3) is 3.77. The number of hydrogen-bond acceptors (Lipinski definition) is 2. The number of nitrogen functional groups attached to an aromatic ring is 1. The van der Waals surface area contributed by atoms with Crippen LogP contribution in [0.1, 0.15) is 20.3 Å². The van der Waals surface area contributed by atoms with E-state index in [1.54, 1.807) is 24.7 Å². The highest BCUT2D eigenvalue weighted by atomic mass is 79.9. The van der Waals surface area contributed by atoms with Gasteiger partial charge in [-0.15, -0.1) is 0 Å². The molecule has 1 heterocycles. The van der Waals surface area contributed by atoms with Crippen LogP contribution < -0.4 is 5.73 Å². The maximum atomic E-state index is 12.3. The fraction of sp³-hybridized carbons (Fsp3) is 0.667. The standard InChI is InChI=1S/C9H14BrF2N3/c1-9(2,3-7(11)12)5-15-4-6(10)8(13)14-15/h4,7H,3,5H2,1-2H3,(H2,13,14).